The summed E-state index contributed by atoms with van der Waals surface area (Å²) in [7, 11) is 1.75. The molecule has 20 heavy (non-hydrogen) atoms. The van der Waals surface area contributed by atoms with Gasteiger partial charge in [-0.15, -0.1) is 0 Å². The van der Waals surface area contributed by atoms with Crippen molar-refractivity contribution in [2.45, 2.75) is 25.3 Å². The fourth-order valence-corrected chi connectivity index (χ4v) is 2.38. The van der Waals surface area contributed by atoms with Crippen LogP contribution in [0.2, 0.25) is 0 Å². The van der Waals surface area contributed by atoms with Crippen molar-refractivity contribution < 1.29 is 14.3 Å². The molecule has 2 rings (SSSR count). The molecule has 1 unspecified atom stereocenters. The lowest BCUT2D eigenvalue weighted by atomic mass is 9.93. The maximum Gasteiger partial charge on any atom is 0.241 e. The standard InChI is InChI=1S/C15H22N2O3/c1-3-19-12-5-4-6-13(9-12)20-10-15(17-2,14(16)18)11-7-8-11/h4-6,9,11,17H,3,7-8,10H2,1-2H3,(H2,16,18). The van der Waals surface area contributed by atoms with Crippen LogP contribution in [-0.4, -0.2) is 31.7 Å². The molecule has 0 aliphatic heterocycles. The number of nitrogens with one attached hydrogen (secondary N) is 1. The number of hydrogen-bond acceptors (Lipinski definition) is 4. The van der Waals surface area contributed by atoms with Crippen LogP contribution in [0.1, 0.15) is 19.8 Å². The molecule has 0 bridgehead atoms. The quantitative estimate of drug-likeness (QED) is 0.752. The Hall–Kier alpha value is -1.75. The van der Waals surface area contributed by atoms with E-state index in [4.69, 9.17) is 15.2 Å². The minimum Gasteiger partial charge on any atom is -0.494 e. The number of carbonyl (C=O) groups is 1. The lowest BCUT2D eigenvalue weighted by Gasteiger charge is -2.30. The van der Waals surface area contributed by atoms with Gasteiger partial charge in [0.15, 0.2) is 0 Å². The number of benzene rings is 1. The molecule has 5 heteroatoms. The van der Waals surface area contributed by atoms with Crippen LogP contribution in [0.4, 0.5) is 0 Å². The largest absolute Gasteiger partial charge is 0.494 e. The molecule has 3 N–H and O–H groups in total. The lowest BCUT2D eigenvalue weighted by Crippen LogP contribution is -2.59. The van der Waals surface area contributed by atoms with Crippen LogP contribution in [0, 0.1) is 5.92 Å². The Morgan fingerprint density at radius 2 is 2.05 bits per heavy atom. The molecule has 0 saturated heterocycles. The van der Waals surface area contributed by atoms with Crippen LogP contribution in [0.5, 0.6) is 11.5 Å². The van der Waals surface area contributed by atoms with Gasteiger partial charge in [0.25, 0.3) is 0 Å². The summed E-state index contributed by atoms with van der Waals surface area (Å²) in [6.07, 6.45) is 2.01. The zero-order valence-corrected chi connectivity index (χ0v) is 12.0. The summed E-state index contributed by atoms with van der Waals surface area (Å²) in [5, 5.41) is 3.06. The van der Waals surface area contributed by atoms with Crippen molar-refractivity contribution in [2.24, 2.45) is 11.7 Å². The molecule has 1 atom stereocenters. The second kappa shape index (κ2) is 6.13. The highest BCUT2D eigenvalue weighted by Gasteiger charge is 2.49. The Labute approximate surface area is 119 Å². The number of rotatable bonds is 8. The smallest absolute Gasteiger partial charge is 0.241 e. The zero-order valence-electron chi connectivity index (χ0n) is 12.0. The van der Waals surface area contributed by atoms with E-state index in [2.05, 4.69) is 5.32 Å². The van der Waals surface area contributed by atoms with Gasteiger partial charge in [0.2, 0.25) is 5.91 Å². The van der Waals surface area contributed by atoms with Gasteiger partial charge in [0, 0.05) is 6.07 Å². The molecule has 5 nitrogen and oxygen atoms in total. The van der Waals surface area contributed by atoms with Crippen LogP contribution >= 0.6 is 0 Å². The van der Waals surface area contributed by atoms with Gasteiger partial charge in [-0.3, -0.25) is 4.79 Å². The molecule has 1 aliphatic carbocycles. The first-order chi connectivity index (χ1) is 9.62. The second-order valence-electron chi connectivity index (χ2n) is 5.06. The van der Waals surface area contributed by atoms with Crippen molar-refractivity contribution in [3.8, 4) is 11.5 Å². The highest BCUT2D eigenvalue weighted by Crippen LogP contribution is 2.40. The molecule has 0 radical (unpaired) electrons. The van der Waals surface area contributed by atoms with Crippen LogP contribution in [-0.2, 0) is 4.79 Å². The molecule has 1 aromatic carbocycles. The fourth-order valence-electron chi connectivity index (χ4n) is 2.38. The van der Waals surface area contributed by atoms with Crippen molar-refractivity contribution >= 4 is 5.91 Å². The number of primary amides is 1. The third kappa shape index (κ3) is 3.04. The summed E-state index contributed by atoms with van der Waals surface area (Å²) in [4.78, 5) is 11.8. The SMILES string of the molecule is CCOc1cccc(OCC(NC)(C(N)=O)C2CC2)c1. The predicted octanol–water partition coefficient (Wildman–Crippen LogP) is 1.32. The van der Waals surface area contributed by atoms with Gasteiger partial charge in [0.1, 0.15) is 23.6 Å². The fraction of sp³-hybridized carbons (Fsp3) is 0.533. The van der Waals surface area contributed by atoms with Crippen LogP contribution in [0.15, 0.2) is 24.3 Å². The molecule has 0 aromatic heterocycles. The molecule has 1 aliphatic rings. The molecule has 1 amide bonds. The van der Waals surface area contributed by atoms with Crippen molar-refractivity contribution in [3.05, 3.63) is 24.3 Å². The average Bonchev–Trinajstić information content (AvgIpc) is 3.25. The monoisotopic (exact) mass is 278 g/mol. The van der Waals surface area contributed by atoms with E-state index in [0.29, 0.717) is 12.4 Å². The highest BCUT2D eigenvalue weighted by molar-refractivity contribution is 5.85. The Morgan fingerprint density at radius 1 is 1.40 bits per heavy atom. The van der Waals surface area contributed by atoms with Gasteiger partial charge in [-0.05, 0) is 44.9 Å². The van der Waals surface area contributed by atoms with Gasteiger partial charge >= 0.3 is 0 Å². The summed E-state index contributed by atoms with van der Waals surface area (Å²) in [5.41, 5.74) is 4.78. The molecule has 110 valence electrons. The number of amides is 1. The summed E-state index contributed by atoms with van der Waals surface area (Å²) >= 11 is 0. The maximum absolute atomic E-state index is 11.8. The molecular formula is C15H22N2O3. The van der Waals surface area contributed by atoms with Crippen LogP contribution in [0.25, 0.3) is 0 Å². The molecule has 0 spiro atoms. The van der Waals surface area contributed by atoms with Gasteiger partial charge in [-0.1, -0.05) is 6.07 Å². The first-order valence-electron chi connectivity index (χ1n) is 6.97. The van der Waals surface area contributed by atoms with Crippen LogP contribution in [0.3, 0.4) is 0 Å². The van der Waals surface area contributed by atoms with Crippen molar-refractivity contribution in [1.82, 2.24) is 5.32 Å². The van der Waals surface area contributed by atoms with Gasteiger partial charge in [-0.25, -0.2) is 0 Å². The highest BCUT2D eigenvalue weighted by atomic mass is 16.5. The van der Waals surface area contributed by atoms with Crippen molar-refractivity contribution in [1.29, 1.82) is 0 Å². The van der Waals surface area contributed by atoms with Gasteiger partial charge in [0.05, 0.1) is 6.61 Å². The van der Waals surface area contributed by atoms with E-state index in [9.17, 15) is 4.79 Å². The number of likely N-dealkylation sites (N-methyl/N-ethyl adjacent to an activating group) is 1. The maximum atomic E-state index is 11.8. The van der Waals surface area contributed by atoms with Crippen molar-refractivity contribution in [3.63, 3.8) is 0 Å². The van der Waals surface area contributed by atoms with Crippen LogP contribution < -0.4 is 20.5 Å². The van der Waals surface area contributed by atoms with Gasteiger partial charge < -0.3 is 20.5 Å². The minimum atomic E-state index is -0.776. The Morgan fingerprint density at radius 3 is 2.55 bits per heavy atom. The van der Waals surface area contributed by atoms with Gasteiger partial charge in [-0.2, -0.15) is 0 Å². The lowest BCUT2D eigenvalue weighted by molar-refractivity contribution is -0.126. The summed E-state index contributed by atoms with van der Waals surface area (Å²) in [5.74, 6) is 1.34. The molecular weight excluding hydrogens is 256 g/mol. The zero-order chi connectivity index (χ0) is 14.6. The minimum absolute atomic E-state index is 0.235. The van der Waals surface area contributed by atoms with E-state index in [1.165, 1.54) is 0 Å². The van der Waals surface area contributed by atoms with E-state index in [1.54, 1.807) is 7.05 Å². The summed E-state index contributed by atoms with van der Waals surface area (Å²) < 4.78 is 11.2. The predicted molar refractivity (Wildman–Crippen MR) is 76.8 cm³/mol. The Kier molecular flexibility index (Phi) is 4.49. The van der Waals surface area contributed by atoms with E-state index in [1.807, 2.05) is 31.2 Å². The first kappa shape index (κ1) is 14.7. The number of nitrogens with two attached hydrogens (primary N) is 1. The third-order valence-electron chi connectivity index (χ3n) is 3.74. The Balaban J connectivity index is 2.05. The number of ether oxygens (including phenoxy) is 2. The summed E-state index contributed by atoms with van der Waals surface area (Å²) in [6, 6.07) is 7.40. The first-order valence-corrected chi connectivity index (χ1v) is 6.97. The Bertz CT molecular complexity index is 474. The topological polar surface area (TPSA) is 73.6 Å². The molecule has 1 aromatic rings. The van der Waals surface area contributed by atoms with Crippen molar-refractivity contribution in [2.75, 3.05) is 20.3 Å². The third-order valence-corrected chi connectivity index (χ3v) is 3.74. The summed E-state index contributed by atoms with van der Waals surface area (Å²) in [6.45, 7) is 2.77. The number of hydrogen-bond donors (Lipinski definition) is 2. The second-order valence-corrected chi connectivity index (χ2v) is 5.06. The van der Waals surface area contributed by atoms with E-state index in [-0.39, 0.29) is 18.4 Å². The molecule has 1 fully saturated rings. The van der Waals surface area contributed by atoms with E-state index < -0.39 is 5.54 Å². The van der Waals surface area contributed by atoms with E-state index >= 15 is 0 Å². The number of carbonyl (C=O) groups excluding carboxylic acids is 1. The van der Waals surface area contributed by atoms with E-state index in [0.717, 1.165) is 18.6 Å². The average molecular weight is 278 g/mol. The molecule has 1 saturated carbocycles. The molecule has 0 heterocycles. The normalized spacial score (nSPS) is 17.3.